The number of aromatic amines is 1. The molecule has 1 aromatic rings. The summed E-state index contributed by atoms with van der Waals surface area (Å²) in [5, 5.41) is 26.2. The van der Waals surface area contributed by atoms with Crippen molar-refractivity contribution >= 4 is 48.9 Å². The van der Waals surface area contributed by atoms with Gasteiger partial charge in [0, 0.05) is 26.1 Å². The number of rotatable bonds is 13. The van der Waals surface area contributed by atoms with Crippen LogP contribution < -0.4 is 5.56 Å². The zero-order valence-corrected chi connectivity index (χ0v) is 25.0. The average Bonchev–Trinajstić information content (AvgIpc) is 3.69. The normalized spacial score (nSPS) is 24.1. The Kier molecular flexibility index (Phi) is 10.1. The number of aliphatic hydroxyl groups excluding tert-OH is 2. The summed E-state index contributed by atoms with van der Waals surface area (Å²) in [5.74, 6) is -2.17. The van der Waals surface area contributed by atoms with E-state index in [9.17, 15) is 36.0 Å². The minimum absolute atomic E-state index is 0.0107. The standard InChI is InChI=1S/C27H34N4O10S2/c32-12-4-8-22(34)24-20(26(36)30(28-24)18-10-14-42(38,39)16-18)6-2-1-3-7-21-25(23(35)9-5-13-33)29-31(27(21)37)19-11-15-43(40,41)17-19/h1-3,6-7,18-19,28,32-33H,4-5,8-17H2/b3-1+,6-2+,21-7-. The van der Waals surface area contributed by atoms with E-state index >= 15 is 0 Å². The quantitative estimate of drug-likeness (QED) is 0.146. The zero-order chi connectivity index (χ0) is 31.4. The van der Waals surface area contributed by atoms with Crippen molar-refractivity contribution in [3.8, 4) is 0 Å². The van der Waals surface area contributed by atoms with Gasteiger partial charge in [-0.25, -0.2) is 26.5 Å². The van der Waals surface area contributed by atoms with E-state index in [2.05, 4.69) is 10.2 Å². The van der Waals surface area contributed by atoms with Gasteiger partial charge < -0.3 is 10.2 Å². The first kappa shape index (κ1) is 32.4. The Labute approximate surface area is 248 Å². The van der Waals surface area contributed by atoms with Crippen LogP contribution in [0.2, 0.25) is 0 Å². The summed E-state index contributed by atoms with van der Waals surface area (Å²) in [5.41, 5.74) is -0.745. The lowest BCUT2D eigenvalue weighted by Gasteiger charge is -2.17. The van der Waals surface area contributed by atoms with E-state index < -0.39 is 54.8 Å². The van der Waals surface area contributed by atoms with Crippen LogP contribution in [0.1, 0.15) is 60.6 Å². The second kappa shape index (κ2) is 13.4. The number of hydrogen-bond acceptors (Lipinski definition) is 11. The maximum atomic E-state index is 13.2. The Balaban J connectivity index is 1.59. The van der Waals surface area contributed by atoms with Crippen molar-refractivity contribution in [1.82, 2.24) is 14.8 Å². The largest absolute Gasteiger partial charge is 0.396 e. The van der Waals surface area contributed by atoms with E-state index in [-0.39, 0.29) is 97.3 Å². The Morgan fingerprint density at radius 3 is 2.07 bits per heavy atom. The highest BCUT2D eigenvalue weighted by Gasteiger charge is 2.41. The van der Waals surface area contributed by atoms with Gasteiger partial charge in [0.15, 0.2) is 31.2 Å². The molecule has 0 radical (unpaired) electrons. The van der Waals surface area contributed by atoms with Crippen molar-refractivity contribution in [2.24, 2.45) is 5.10 Å². The topological polar surface area (TPSA) is 213 Å². The Morgan fingerprint density at radius 1 is 0.884 bits per heavy atom. The molecule has 0 bridgehead atoms. The molecular weight excluding hydrogens is 604 g/mol. The fourth-order valence-corrected chi connectivity index (χ4v) is 8.56. The van der Waals surface area contributed by atoms with Gasteiger partial charge in [-0.15, -0.1) is 0 Å². The van der Waals surface area contributed by atoms with E-state index in [1.807, 2.05) is 0 Å². The molecule has 2 atom stereocenters. The van der Waals surface area contributed by atoms with E-state index in [4.69, 9.17) is 10.2 Å². The van der Waals surface area contributed by atoms with Crippen molar-refractivity contribution < 1.29 is 41.4 Å². The molecule has 234 valence electrons. The molecule has 43 heavy (non-hydrogen) atoms. The lowest BCUT2D eigenvalue weighted by Crippen LogP contribution is -2.34. The highest BCUT2D eigenvalue weighted by atomic mass is 32.2. The van der Waals surface area contributed by atoms with Crippen LogP contribution in [0, 0.1) is 0 Å². The third-order valence-corrected chi connectivity index (χ3v) is 10.9. The zero-order valence-electron chi connectivity index (χ0n) is 23.3. The third kappa shape index (κ3) is 7.55. The number of nitrogens with one attached hydrogen (secondary N) is 1. The van der Waals surface area contributed by atoms with E-state index in [1.54, 1.807) is 0 Å². The van der Waals surface area contributed by atoms with Crippen LogP contribution in [0.15, 0.2) is 39.8 Å². The van der Waals surface area contributed by atoms with Crippen molar-refractivity contribution in [3.05, 3.63) is 51.5 Å². The smallest absolute Gasteiger partial charge is 0.276 e. The van der Waals surface area contributed by atoms with Crippen molar-refractivity contribution in [2.45, 2.75) is 50.6 Å². The molecule has 0 saturated carbocycles. The van der Waals surface area contributed by atoms with Gasteiger partial charge in [0.1, 0.15) is 11.4 Å². The third-order valence-electron chi connectivity index (χ3n) is 7.39. The fourth-order valence-electron chi connectivity index (χ4n) is 5.17. The van der Waals surface area contributed by atoms with Crippen molar-refractivity contribution in [1.29, 1.82) is 0 Å². The Hall–Kier alpha value is -3.47. The molecule has 4 heterocycles. The second-order valence-corrected chi connectivity index (χ2v) is 15.1. The monoisotopic (exact) mass is 638 g/mol. The van der Waals surface area contributed by atoms with Crippen LogP contribution in [-0.4, -0.2) is 107 Å². The molecule has 1 aromatic heterocycles. The van der Waals surface area contributed by atoms with Gasteiger partial charge in [-0.1, -0.05) is 18.2 Å². The molecule has 0 aliphatic carbocycles. The number of H-pyrrole nitrogens is 1. The molecule has 2 saturated heterocycles. The van der Waals surface area contributed by atoms with Crippen LogP contribution >= 0.6 is 0 Å². The highest BCUT2D eigenvalue weighted by Crippen LogP contribution is 2.26. The van der Waals surface area contributed by atoms with Gasteiger partial charge in [-0.3, -0.25) is 24.3 Å². The molecule has 0 spiro atoms. The average molecular weight is 639 g/mol. The summed E-state index contributed by atoms with van der Waals surface area (Å²) < 4.78 is 49.0. The number of ketones is 2. The molecule has 2 unspecified atom stereocenters. The van der Waals surface area contributed by atoms with Gasteiger partial charge in [0.25, 0.3) is 11.5 Å². The number of hydrazone groups is 1. The van der Waals surface area contributed by atoms with Crippen molar-refractivity contribution in [3.63, 3.8) is 0 Å². The summed E-state index contributed by atoms with van der Waals surface area (Å²) in [6.45, 7) is -0.455. The molecule has 14 nitrogen and oxygen atoms in total. The minimum Gasteiger partial charge on any atom is -0.396 e. The van der Waals surface area contributed by atoms with Gasteiger partial charge in [-0.2, -0.15) is 5.10 Å². The number of sulfone groups is 2. The number of Topliss-reactive ketones (excluding diaryl/α,β-unsaturated/α-hetero) is 2. The first-order chi connectivity index (χ1) is 20.4. The number of hydrogen-bond donors (Lipinski definition) is 3. The van der Waals surface area contributed by atoms with E-state index in [1.165, 1.54) is 30.4 Å². The Bertz CT molecular complexity index is 1680. The second-order valence-electron chi connectivity index (χ2n) is 10.6. The molecule has 3 N–H and O–H groups in total. The van der Waals surface area contributed by atoms with E-state index in [0.717, 1.165) is 9.69 Å². The summed E-state index contributed by atoms with van der Waals surface area (Å²) in [4.78, 5) is 51.8. The predicted octanol–water partition coefficient (Wildman–Crippen LogP) is -0.286. The first-order valence-corrected chi connectivity index (χ1v) is 17.5. The van der Waals surface area contributed by atoms with Crippen molar-refractivity contribution in [2.75, 3.05) is 36.2 Å². The van der Waals surface area contributed by atoms with Gasteiger partial charge in [-0.05, 0) is 37.8 Å². The van der Waals surface area contributed by atoms with Crippen LogP contribution in [0.5, 0.6) is 0 Å². The van der Waals surface area contributed by atoms with E-state index in [0.29, 0.717) is 0 Å². The molecule has 16 heteroatoms. The van der Waals surface area contributed by atoms with Crippen LogP contribution in [0.4, 0.5) is 0 Å². The maximum absolute atomic E-state index is 13.2. The lowest BCUT2D eigenvalue weighted by atomic mass is 10.0. The van der Waals surface area contributed by atoms with Crippen LogP contribution in [-0.2, 0) is 29.3 Å². The molecule has 1 amide bonds. The van der Waals surface area contributed by atoms with Gasteiger partial charge >= 0.3 is 0 Å². The number of carbonyl (C=O) groups is 3. The number of amides is 1. The number of nitrogens with zero attached hydrogens (tertiary/aromatic N) is 3. The number of carbonyl (C=O) groups excluding carboxylic acids is 3. The fraction of sp³-hybridized carbons (Fsp3) is 0.519. The molecule has 4 rings (SSSR count). The molecule has 3 aliphatic heterocycles. The first-order valence-electron chi connectivity index (χ1n) is 13.9. The highest BCUT2D eigenvalue weighted by molar-refractivity contribution is 7.91. The molecule has 3 aliphatic rings. The Morgan fingerprint density at radius 2 is 1.49 bits per heavy atom. The number of aliphatic hydroxyl groups is 2. The summed E-state index contributed by atoms with van der Waals surface area (Å²) in [6, 6.07) is -1.34. The maximum Gasteiger partial charge on any atom is 0.276 e. The number of allylic oxidation sites excluding steroid dienone is 4. The SMILES string of the molecule is O=C(CCCO)C1=NN(C2CCS(=O)(=O)C2)C(=O)\C1=C/C=C/C=C/c1c(C(=O)CCCO)[nH]n(C2CCS(=O)(=O)C2)c1=O. The minimum atomic E-state index is -3.32. The molecular formula is C27H34N4O10S2. The predicted molar refractivity (Wildman–Crippen MR) is 157 cm³/mol. The summed E-state index contributed by atoms with van der Waals surface area (Å²) in [6.07, 6.45) is 7.70. The van der Waals surface area contributed by atoms with Crippen LogP contribution in [0.25, 0.3) is 6.08 Å². The summed E-state index contributed by atoms with van der Waals surface area (Å²) >= 11 is 0. The summed E-state index contributed by atoms with van der Waals surface area (Å²) in [7, 11) is -6.63. The number of aromatic nitrogens is 2. The van der Waals surface area contributed by atoms with Gasteiger partial charge in [0.2, 0.25) is 0 Å². The van der Waals surface area contributed by atoms with Gasteiger partial charge in [0.05, 0.1) is 46.2 Å². The lowest BCUT2D eigenvalue weighted by molar-refractivity contribution is -0.127. The van der Waals surface area contributed by atoms with Crippen LogP contribution in [0.3, 0.4) is 0 Å². The molecule has 2 fully saturated rings. The molecule has 0 aromatic carbocycles.